The summed E-state index contributed by atoms with van der Waals surface area (Å²) in [4.78, 5) is 29.8. The quantitative estimate of drug-likeness (QED) is 0.482. The lowest BCUT2D eigenvalue weighted by atomic mass is 9.73. The molecule has 0 spiro atoms. The molecule has 1 heterocycles. The number of nitrogens with one attached hydrogen (secondary N) is 1. The number of benzene rings is 3. The molecule has 1 amide bonds. The lowest BCUT2D eigenvalue weighted by molar-refractivity contribution is -0.118. The van der Waals surface area contributed by atoms with Gasteiger partial charge in [0.2, 0.25) is 0 Å². The predicted octanol–water partition coefficient (Wildman–Crippen LogP) is 6.16. The van der Waals surface area contributed by atoms with Crippen molar-refractivity contribution < 1.29 is 19.1 Å². The maximum atomic E-state index is 14.2. The topological polar surface area (TPSA) is 67.9 Å². The molecule has 1 atom stereocenters. The van der Waals surface area contributed by atoms with Crippen LogP contribution in [-0.2, 0) is 4.79 Å². The number of para-hydroxylation sites is 2. The molecule has 6 heteroatoms. The molecule has 2 aliphatic rings. The molecule has 0 saturated heterocycles. The number of fused-ring (bicyclic) bond motifs is 1. The Bertz CT molecular complexity index is 1360. The summed E-state index contributed by atoms with van der Waals surface area (Å²) < 4.78 is 11.2. The van der Waals surface area contributed by atoms with Crippen molar-refractivity contribution in [1.29, 1.82) is 0 Å². The summed E-state index contributed by atoms with van der Waals surface area (Å²) in [6, 6.07) is 21.7. The van der Waals surface area contributed by atoms with E-state index in [1.807, 2.05) is 54.6 Å². The first-order valence-corrected chi connectivity index (χ1v) is 12.1. The van der Waals surface area contributed by atoms with E-state index in [2.05, 4.69) is 19.2 Å². The Morgan fingerprint density at radius 3 is 2.39 bits per heavy atom. The van der Waals surface area contributed by atoms with Crippen LogP contribution < -0.4 is 19.7 Å². The number of carbonyl (C=O) groups excluding carboxylic acids is 2. The number of ether oxygens (including phenoxy) is 2. The summed E-state index contributed by atoms with van der Waals surface area (Å²) in [5.41, 5.74) is 3.99. The van der Waals surface area contributed by atoms with Gasteiger partial charge < -0.3 is 14.8 Å². The molecule has 184 valence electrons. The molecule has 3 aromatic rings. The Labute approximate surface area is 211 Å². The fourth-order valence-electron chi connectivity index (χ4n) is 5.27. The van der Waals surface area contributed by atoms with Crippen LogP contribution in [0.3, 0.4) is 0 Å². The first-order valence-electron chi connectivity index (χ1n) is 12.1. The van der Waals surface area contributed by atoms with Gasteiger partial charge in [0.15, 0.2) is 5.78 Å². The number of nitrogens with zero attached hydrogens (tertiary/aromatic N) is 1. The molecule has 1 aliphatic carbocycles. The second-order valence-corrected chi connectivity index (χ2v) is 10.0. The molecule has 0 bridgehead atoms. The molecule has 0 radical (unpaired) electrons. The highest BCUT2D eigenvalue weighted by molar-refractivity contribution is 6.12. The van der Waals surface area contributed by atoms with Gasteiger partial charge in [-0.3, -0.25) is 14.5 Å². The minimum Gasteiger partial charge on any atom is -0.497 e. The Morgan fingerprint density at radius 2 is 1.67 bits per heavy atom. The lowest BCUT2D eigenvalue weighted by Gasteiger charge is -2.37. The van der Waals surface area contributed by atoms with Crippen LogP contribution in [0.15, 0.2) is 84.1 Å². The monoisotopic (exact) mass is 482 g/mol. The second kappa shape index (κ2) is 9.19. The molecule has 1 N–H and O–H groups in total. The van der Waals surface area contributed by atoms with E-state index in [0.29, 0.717) is 41.2 Å². The van der Waals surface area contributed by atoms with E-state index >= 15 is 0 Å². The lowest BCUT2D eigenvalue weighted by Crippen LogP contribution is -2.39. The number of carbonyl (C=O) groups is 2. The first-order chi connectivity index (χ1) is 17.3. The summed E-state index contributed by atoms with van der Waals surface area (Å²) >= 11 is 0. The summed E-state index contributed by atoms with van der Waals surface area (Å²) in [5, 5.41) is 3.54. The van der Waals surface area contributed by atoms with Crippen LogP contribution in [-0.4, -0.2) is 25.9 Å². The number of amides is 1. The Kier molecular flexibility index (Phi) is 6.04. The van der Waals surface area contributed by atoms with E-state index in [0.717, 1.165) is 16.9 Å². The Morgan fingerprint density at radius 1 is 0.944 bits per heavy atom. The largest absolute Gasteiger partial charge is 0.497 e. The van der Waals surface area contributed by atoms with Gasteiger partial charge in [-0.2, -0.15) is 0 Å². The third kappa shape index (κ3) is 4.13. The molecule has 0 fully saturated rings. The van der Waals surface area contributed by atoms with Gasteiger partial charge in [-0.05, 0) is 48.2 Å². The summed E-state index contributed by atoms with van der Waals surface area (Å²) in [5.74, 6) is 1.01. The highest BCUT2D eigenvalue weighted by Crippen LogP contribution is 2.50. The van der Waals surface area contributed by atoms with Crippen LogP contribution in [0.5, 0.6) is 11.5 Å². The molecular formula is C30H30N2O4. The number of Topliss-reactive ketones (excluding diaryl/α,β-unsaturated/α-hetero) is 1. The van der Waals surface area contributed by atoms with E-state index in [9.17, 15) is 9.59 Å². The summed E-state index contributed by atoms with van der Waals surface area (Å²) in [7, 11) is 3.19. The standard InChI is InChI=1S/C30H30N2O4/c1-30(2)17-23-27(25(33)18-30)28(21-15-14-20(35-3)16-26(21)36-4)32(24-13-9-8-12-22(24)31-23)29(34)19-10-6-5-7-11-19/h5-16,28,31H,17-18H2,1-4H3. The number of hydrogen-bond donors (Lipinski definition) is 1. The Hall–Kier alpha value is -4.06. The number of rotatable bonds is 4. The fraction of sp³-hybridized carbons (Fsp3) is 0.267. The second-order valence-electron chi connectivity index (χ2n) is 10.0. The average Bonchev–Trinajstić information content (AvgIpc) is 3.01. The van der Waals surface area contributed by atoms with Gasteiger partial charge >= 0.3 is 0 Å². The molecule has 3 aromatic carbocycles. The van der Waals surface area contributed by atoms with Crippen molar-refractivity contribution in [1.82, 2.24) is 0 Å². The molecule has 36 heavy (non-hydrogen) atoms. The van der Waals surface area contributed by atoms with E-state index in [1.54, 1.807) is 37.3 Å². The molecule has 6 nitrogen and oxygen atoms in total. The zero-order valence-electron chi connectivity index (χ0n) is 21.0. The predicted molar refractivity (Wildman–Crippen MR) is 141 cm³/mol. The van der Waals surface area contributed by atoms with Gasteiger partial charge in [0, 0.05) is 34.9 Å². The highest BCUT2D eigenvalue weighted by atomic mass is 16.5. The van der Waals surface area contributed by atoms with Gasteiger partial charge in [0.1, 0.15) is 11.5 Å². The van der Waals surface area contributed by atoms with Gasteiger partial charge in [0.05, 0.1) is 31.6 Å². The smallest absolute Gasteiger partial charge is 0.259 e. The third-order valence-electron chi connectivity index (χ3n) is 6.88. The molecule has 0 aromatic heterocycles. The van der Waals surface area contributed by atoms with Crippen LogP contribution in [0.25, 0.3) is 0 Å². The van der Waals surface area contributed by atoms with Gasteiger partial charge in [0.25, 0.3) is 5.91 Å². The molecule has 1 unspecified atom stereocenters. The van der Waals surface area contributed by atoms with Crippen molar-refractivity contribution in [2.24, 2.45) is 5.41 Å². The van der Waals surface area contributed by atoms with Crippen molar-refractivity contribution >= 4 is 23.1 Å². The maximum Gasteiger partial charge on any atom is 0.259 e. The van der Waals surface area contributed by atoms with Crippen molar-refractivity contribution in [2.75, 3.05) is 24.4 Å². The van der Waals surface area contributed by atoms with Gasteiger partial charge in [-0.15, -0.1) is 0 Å². The van der Waals surface area contributed by atoms with Crippen LogP contribution >= 0.6 is 0 Å². The van der Waals surface area contributed by atoms with Crippen molar-refractivity contribution in [3.63, 3.8) is 0 Å². The zero-order chi connectivity index (χ0) is 25.4. The molecular weight excluding hydrogens is 452 g/mol. The van der Waals surface area contributed by atoms with E-state index in [-0.39, 0.29) is 17.1 Å². The minimum atomic E-state index is -0.687. The van der Waals surface area contributed by atoms with Crippen LogP contribution in [0.2, 0.25) is 0 Å². The van der Waals surface area contributed by atoms with E-state index in [4.69, 9.17) is 9.47 Å². The third-order valence-corrected chi connectivity index (χ3v) is 6.88. The fourth-order valence-corrected chi connectivity index (χ4v) is 5.27. The average molecular weight is 483 g/mol. The minimum absolute atomic E-state index is 0.0234. The molecule has 0 saturated carbocycles. The SMILES string of the molecule is COc1ccc(C2C3=C(CC(C)(C)CC3=O)Nc3ccccc3N2C(=O)c2ccccc2)c(OC)c1. The number of allylic oxidation sites excluding steroid dienone is 1. The van der Waals surface area contributed by atoms with Gasteiger partial charge in [-0.1, -0.05) is 44.2 Å². The normalized spacial score (nSPS) is 18.5. The number of ketones is 1. The number of hydrogen-bond acceptors (Lipinski definition) is 5. The van der Waals surface area contributed by atoms with Crippen molar-refractivity contribution in [2.45, 2.75) is 32.7 Å². The maximum absolute atomic E-state index is 14.2. The number of anilines is 2. The highest BCUT2D eigenvalue weighted by Gasteiger charge is 2.44. The Balaban J connectivity index is 1.82. The zero-order valence-corrected chi connectivity index (χ0v) is 21.0. The van der Waals surface area contributed by atoms with E-state index < -0.39 is 6.04 Å². The van der Waals surface area contributed by atoms with Crippen LogP contribution in [0, 0.1) is 5.41 Å². The van der Waals surface area contributed by atoms with Crippen LogP contribution in [0.4, 0.5) is 11.4 Å². The van der Waals surface area contributed by atoms with Crippen molar-refractivity contribution in [3.05, 3.63) is 95.2 Å². The van der Waals surface area contributed by atoms with Gasteiger partial charge in [-0.25, -0.2) is 0 Å². The summed E-state index contributed by atoms with van der Waals surface area (Å²) in [6.45, 7) is 4.20. The van der Waals surface area contributed by atoms with Crippen molar-refractivity contribution in [3.8, 4) is 11.5 Å². The number of methoxy groups -OCH3 is 2. The first kappa shape index (κ1) is 23.7. The van der Waals surface area contributed by atoms with E-state index in [1.165, 1.54) is 0 Å². The molecule has 5 rings (SSSR count). The van der Waals surface area contributed by atoms with Crippen LogP contribution in [0.1, 0.15) is 48.7 Å². The summed E-state index contributed by atoms with van der Waals surface area (Å²) in [6.07, 6.45) is 1.08. The molecule has 1 aliphatic heterocycles.